The number of amides is 1. The van der Waals surface area contributed by atoms with Gasteiger partial charge in [-0.1, -0.05) is 19.1 Å². The molecule has 0 spiro atoms. The molecule has 0 aliphatic heterocycles. The molecule has 4 nitrogen and oxygen atoms in total. The first-order chi connectivity index (χ1) is 8.26. The molecule has 17 heavy (non-hydrogen) atoms. The van der Waals surface area contributed by atoms with E-state index in [1.54, 1.807) is 0 Å². The molecule has 0 heterocycles. The Kier molecular flexibility index (Phi) is 5.59. The van der Waals surface area contributed by atoms with Crippen molar-refractivity contribution >= 4 is 11.6 Å². The third-order valence-electron chi connectivity index (χ3n) is 2.35. The van der Waals surface area contributed by atoms with Crippen molar-refractivity contribution in [3.05, 3.63) is 29.8 Å². The number of hydrogen-bond donors (Lipinski definition) is 2. The molecule has 2 N–H and O–H groups in total. The zero-order valence-corrected chi connectivity index (χ0v) is 9.99. The van der Waals surface area contributed by atoms with Gasteiger partial charge in [-0.15, -0.1) is 0 Å². The average Bonchev–Trinajstić information content (AvgIpc) is 2.37. The van der Waals surface area contributed by atoms with E-state index in [1.165, 1.54) is 5.56 Å². The molecule has 0 saturated heterocycles. The Morgan fingerprint density at radius 1 is 1.47 bits per heavy atom. The Labute approximate surface area is 102 Å². The van der Waals surface area contributed by atoms with Crippen molar-refractivity contribution in [2.75, 3.05) is 18.4 Å². The number of carbonyl (C=O) groups is 1. The highest BCUT2D eigenvalue weighted by Gasteiger charge is 2.00. The molecular formula is C13H17N3O. The third kappa shape index (κ3) is 5.03. The summed E-state index contributed by atoms with van der Waals surface area (Å²) in [7, 11) is 0. The zero-order chi connectivity index (χ0) is 12.5. The van der Waals surface area contributed by atoms with Gasteiger partial charge in [-0.2, -0.15) is 5.26 Å². The van der Waals surface area contributed by atoms with Crippen LogP contribution in [-0.4, -0.2) is 19.0 Å². The molecule has 0 radical (unpaired) electrons. The van der Waals surface area contributed by atoms with Crippen LogP contribution >= 0.6 is 0 Å². The van der Waals surface area contributed by atoms with E-state index in [2.05, 4.69) is 23.6 Å². The molecule has 1 aromatic rings. The van der Waals surface area contributed by atoms with E-state index in [0.717, 1.165) is 12.1 Å². The van der Waals surface area contributed by atoms with Crippen LogP contribution in [0.25, 0.3) is 0 Å². The van der Waals surface area contributed by atoms with Crippen LogP contribution in [0, 0.1) is 11.3 Å². The SMILES string of the molecule is CCc1cccc(NCC(=O)NCCC#N)c1. The predicted molar refractivity (Wildman–Crippen MR) is 67.5 cm³/mol. The van der Waals surface area contributed by atoms with Gasteiger partial charge in [0.1, 0.15) is 0 Å². The Hall–Kier alpha value is -2.02. The van der Waals surface area contributed by atoms with Gasteiger partial charge in [0.2, 0.25) is 5.91 Å². The Morgan fingerprint density at radius 3 is 3.00 bits per heavy atom. The smallest absolute Gasteiger partial charge is 0.239 e. The highest BCUT2D eigenvalue weighted by atomic mass is 16.1. The number of nitrogens with zero attached hydrogens (tertiary/aromatic N) is 1. The summed E-state index contributed by atoms with van der Waals surface area (Å²) in [6.07, 6.45) is 1.32. The molecule has 0 saturated carbocycles. The van der Waals surface area contributed by atoms with E-state index in [-0.39, 0.29) is 12.5 Å². The monoisotopic (exact) mass is 231 g/mol. The highest BCUT2D eigenvalue weighted by Crippen LogP contribution is 2.10. The van der Waals surface area contributed by atoms with Crippen molar-refractivity contribution < 1.29 is 4.79 Å². The van der Waals surface area contributed by atoms with Gasteiger partial charge >= 0.3 is 0 Å². The van der Waals surface area contributed by atoms with Gasteiger partial charge in [0.05, 0.1) is 19.0 Å². The highest BCUT2D eigenvalue weighted by molar-refractivity contribution is 5.80. The first kappa shape index (κ1) is 13.0. The van der Waals surface area contributed by atoms with E-state index in [0.29, 0.717) is 13.0 Å². The van der Waals surface area contributed by atoms with Crippen LogP contribution < -0.4 is 10.6 Å². The fraction of sp³-hybridized carbons (Fsp3) is 0.385. The van der Waals surface area contributed by atoms with Gasteiger partial charge in [-0.05, 0) is 24.1 Å². The van der Waals surface area contributed by atoms with Crippen LogP contribution in [0.3, 0.4) is 0 Å². The summed E-state index contributed by atoms with van der Waals surface area (Å²) in [5, 5.41) is 14.0. The van der Waals surface area contributed by atoms with Gasteiger partial charge in [0, 0.05) is 12.2 Å². The first-order valence-corrected chi connectivity index (χ1v) is 5.72. The van der Waals surface area contributed by atoms with E-state index in [4.69, 9.17) is 5.26 Å². The quantitative estimate of drug-likeness (QED) is 0.732. The van der Waals surface area contributed by atoms with Crippen molar-refractivity contribution in [1.82, 2.24) is 5.32 Å². The Bertz CT molecular complexity index is 409. The summed E-state index contributed by atoms with van der Waals surface area (Å²) in [4.78, 5) is 11.4. The van der Waals surface area contributed by atoms with Gasteiger partial charge in [-0.25, -0.2) is 0 Å². The second-order valence-corrected chi connectivity index (χ2v) is 3.67. The lowest BCUT2D eigenvalue weighted by molar-refractivity contribution is -0.119. The minimum atomic E-state index is -0.0952. The molecule has 4 heteroatoms. The fourth-order valence-electron chi connectivity index (χ4n) is 1.40. The van der Waals surface area contributed by atoms with Crippen molar-refractivity contribution in [3.8, 4) is 6.07 Å². The van der Waals surface area contributed by atoms with E-state index in [9.17, 15) is 4.79 Å². The number of rotatable bonds is 6. The summed E-state index contributed by atoms with van der Waals surface area (Å²) in [5.41, 5.74) is 2.18. The van der Waals surface area contributed by atoms with Gasteiger partial charge < -0.3 is 10.6 Å². The summed E-state index contributed by atoms with van der Waals surface area (Å²) >= 11 is 0. The van der Waals surface area contributed by atoms with Crippen LogP contribution in [0.1, 0.15) is 18.9 Å². The fourth-order valence-corrected chi connectivity index (χ4v) is 1.40. The maximum absolute atomic E-state index is 11.4. The average molecular weight is 231 g/mol. The van der Waals surface area contributed by atoms with Gasteiger partial charge in [0.25, 0.3) is 0 Å². The van der Waals surface area contributed by atoms with Crippen LogP contribution in [0.5, 0.6) is 0 Å². The number of nitrogens with one attached hydrogen (secondary N) is 2. The van der Waals surface area contributed by atoms with E-state index >= 15 is 0 Å². The van der Waals surface area contributed by atoms with Crippen molar-refractivity contribution in [2.45, 2.75) is 19.8 Å². The number of hydrogen-bond acceptors (Lipinski definition) is 3. The summed E-state index contributed by atoms with van der Waals surface area (Å²) in [6.45, 7) is 2.73. The summed E-state index contributed by atoms with van der Waals surface area (Å²) in [6, 6.07) is 9.96. The standard InChI is InChI=1S/C13H17N3O/c1-2-11-5-3-6-12(9-11)16-10-13(17)15-8-4-7-14/h3,5-6,9,16H,2,4,8,10H2,1H3,(H,15,17). The van der Waals surface area contributed by atoms with Crippen molar-refractivity contribution in [3.63, 3.8) is 0 Å². The third-order valence-corrected chi connectivity index (χ3v) is 2.35. The molecule has 0 aromatic heterocycles. The normalized spacial score (nSPS) is 9.41. The lowest BCUT2D eigenvalue weighted by Crippen LogP contribution is -2.30. The van der Waals surface area contributed by atoms with Crippen LogP contribution in [0.15, 0.2) is 24.3 Å². The van der Waals surface area contributed by atoms with Gasteiger partial charge in [0.15, 0.2) is 0 Å². The molecule has 0 atom stereocenters. The molecule has 0 aliphatic carbocycles. The lowest BCUT2D eigenvalue weighted by atomic mass is 10.1. The predicted octanol–water partition coefficient (Wildman–Crippen LogP) is 1.69. The minimum absolute atomic E-state index is 0.0952. The molecule has 90 valence electrons. The summed E-state index contributed by atoms with van der Waals surface area (Å²) in [5.74, 6) is -0.0952. The molecule has 0 aliphatic rings. The number of nitriles is 1. The maximum atomic E-state index is 11.4. The number of anilines is 1. The van der Waals surface area contributed by atoms with Gasteiger partial charge in [-0.3, -0.25) is 4.79 Å². The van der Waals surface area contributed by atoms with Crippen LogP contribution in [-0.2, 0) is 11.2 Å². The number of aryl methyl sites for hydroxylation is 1. The molecule has 0 unspecified atom stereocenters. The Balaban J connectivity index is 2.34. The maximum Gasteiger partial charge on any atom is 0.239 e. The molecule has 0 bridgehead atoms. The van der Waals surface area contributed by atoms with Crippen LogP contribution in [0.4, 0.5) is 5.69 Å². The first-order valence-electron chi connectivity index (χ1n) is 5.72. The topological polar surface area (TPSA) is 64.9 Å². The van der Waals surface area contributed by atoms with Crippen LogP contribution in [0.2, 0.25) is 0 Å². The number of benzene rings is 1. The molecule has 0 fully saturated rings. The van der Waals surface area contributed by atoms with E-state index < -0.39 is 0 Å². The second kappa shape index (κ2) is 7.29. The van der Waals surface area contributed by atoms with Crippen molar-refractivity contribution in [1.29, 1.82) is 5.26 Å². The molecule has 1 rings (SSSR count). The largest absolute Gasteiger partial charge is 0.376 e. The van der Waals surface area contributed by atoms with Crippen molar-refractivity contribution in [2.24, 2.45) is 0 Å². The number of carbonyl (C=O) groups excluding carboxylic acids is 1. The minimum Gasteiger partial charge on any atom is -0.376 e. The molecular weight excluding hydrogens is 214 g/mol. The molecule has 1 aromatic carbocycles. The zero-order valence-electron chi connectivity index (χ0n) is 9.99. The summed E-state index contributed by atoms with van der Waals surface area (Å²) < 4.78 is 0. The lowest BCUT2D eigenvalue weighted by Gasteiger charge is -2.07. The van der Waals surface area contributed by atoms with E-state index in [1.807, 2.05) is 24.3 Å². The second-order valence-electron chi connectivity index (χ2n) is 3.67. The Morgan fingerprint density at radius 2 is 2.29 bits per heavy atom. The molecule has 1 amide bonds.